The van der Waals surface area contributed by atoms with E-state index in [9.17, 15) is 22.8 Å². The molecule has 4 nitrogen and oxygen atoms in total. The number of carbonyl (C=O) groups is 2. The van der Waals surface area contributed by atoms with Crippen molar-refractivity contribution in [3.05, 3.63) is 34.3 Å². The van der Waals surface area contributed by atoms with Gasteiger partial charge in [-0.3, -0.25) is 9.59 Å². The maximum absolute atomic E-state index is 13.6. The molecule has 0 spiro atoms. The Morgan fingerprint density at radius 3 is 2.04 bits per heavy atom. The lowest BCUT2D eigenvalue weighted by molar-refractivity contribution is -0.191. The summed E-state index contributed by atoms with van der Waals surface area (Å²) in [6.07, 6.45) is -3.38. The second kappa shape index (κ2) is 7.76. The largest absolute Gasteiger partial charge is 0.481 e. The number of nitrogens with zero attached hydrogens (tertiary/aromatic N) is 1. The van der Waals surface area contributed by atoms with E-state index >= 15 is 0 Å². The first-order valence-corrected chi connectivity index (χ1v) is 8.72. The fourth-order valence-corrected chi connectivity index (χ4v) is 3.54. The Kier molecular flexibility index (Phi) is 6.13. The summed E-state index contributed by atoms with van der Waals surface area (Å²) in [6.45, 7) is 0. The van der Waals surface area contributed by atoms with Gasteiger partial charge in [-0.15, -0.1) is 0 Å². The third kappa shape index (κ3) is 4.74. The number of rotatable bonds is 4. The Morgan fingerprint density at radius 1 is 1.12 bits per heavy atom. The molecular weight excluding hydrogens is 403 g/mol. The third-order valence-corrected chi connectivity index (χ3v) is 5.19. The highest BCUT2D eigenvalue weighted by atomic mass is 79.9. The number of alkyl halides is 3. The smallest absolute Gasteiger partial charge is 0.413 e. The van der Waals surface area contributed by atoms with Gasteiger partial charge in [0.05, 0.1) is 5.92 Å². The van der Waals surface area contributed by atoms with Gasteiger partial charge in [0.15, 0.2) is 6.04 Å². The topological polar surface area (TPSA) is 57.6 Å². The van der Waals surface area contributed by atoms with Crippen LogP contribution >= 0.6 is 15.9 Å². The molecule has 1 N–H and O–H groups in total. The number of aliphatic carboxylic acids is 1. The predicted molar refractivity (Wildman–Crippen MR) is 88.8 cm³/mol. The summed E-state index contributed by atoms with van der Waals surface area (Å²) in [5.74, 6) is -2.59. The molecule has 0 unspecified atom stereocenters. The van der Waals surface area contributed by atoms with Crippen molar-refractivity contribution in [2.75, 3.05) is 7.05 Å². The molecule has 8 heteroatoms. The van der Waals surface area contributed by atoms with E-state index in [2.05, 4.69) is 15.9 Å². The molecule has 1 atom stereocenters. The fraction of sp³-hybridized carbons (Fsp3) is 0.529. The van der Waals surface area contributed by atoms with E-state index in [1.165, 1.54) is 24.3 Å². The number of carboxylic acid groups (broad SMARTS) is 1. The predicted octanol–water partition coefficient (Wildman–Crippen LogP) is 4.40. The highest BCUT2D eigenvalue weighted by Gasteiger charge is 2.46. The summed E-state index contributed by atoms with van der Waals surface area (Å²) in [7, 11) is 1.16. The van der Waals surface area contributed by atoms with Crippen molar-refractivity contribution in [1.82, 2.24) is 4.90 Å². The van der Waals surface area contributed by atoms with Crippen LogP contribution in [0, 0.1) is 11.8 Å². The van der Waals surface area contributed by atoms with Crippen LogP contribution in [0.5, 0.6) is 0 Å². The SMILES string of the molecule is CN(C(=O)C1CCC(C(=O)O)CC1)[C@@H](c1ccc(Br)cc1)C(F)(F)F. The maximum Gasteiger partial charge on any atom is 0.413 e. The fourth-order valence-electron chi connectivity index (χ4n) is 3.28. The summed E-state index contributed by atoms with van der Waals surface area (Å²) in [5.41, 5.74) is -0.00854. The van der Waals surface area contributed by atoms with Crippen LogP contribution in [-0.2, 0) is 9.59 Å². The third-order valence-electron chi connectivity index (χ3n) is 4.66. The van der Waals surface area contributed by atoms with Gasteiger partial charge in [-0.25, -0.2) is 0 Å². The molecule has 2 rings (SSSR count). The van der Waals surface area contributed by atoms with Crippen molar-refractivity contribution in [1.29, 1.82) is 0 Å². The molecule has 0 aromatic heterocycles. The molecule has 0 heterocycles. The zero-order valence-corrected chi connectivity index (χ0v) is 15.2. The second-order valence-electron chi connectivity index (χ2n) is 6.33. The Labute approximate surface area is 152 Å². The minimum atomic E-state index is -4.60. The van der Waals surface area contributed by atoms with Gasteiger partial charge in [-0.05, 0) is 43.4 Å². The first kappa shape index (κ1) is 19.8. The zero-order chi connectivity index (χ0) is 18.8. The molecule has 0 saturated heterocycles. The van der Waals surface area contributed by atoms with Crippen LogP contribution in [0.3, 0.4) is 0 Å². The molecule has 0 bridgehead atoms. The summed E-state index contributed by atoms with van der Waals surface area (Å²) < 4.78 is 41.4. The minimum absolute atomic E-state index is 0.00854. The van der Waals surface area contributed by atoms with Crippen molar-refractivity contribution >= 4 is 27.8 Å². The molecule has 1 aliphatic carbocycles. The number of amides is 1. The van der Waals surface area contributed by atoms with Crippen LogP contribution in [0.4, 0.5) is 13.2 Å². The molecule has 0 radical (unpaired) electrons. The van der Waals surface area contributed by atoms with Gasteiger partial charge in [0.2, 0.25) is 5.91 Å². The van der Waals surface area contributed by atoms with Gasteiger partial charge in [0.25, 0.3) is 0 Å². The first-order valence-electron chi connectivity index (χ1n) is 7.93. The van der Waals surface area contributed by atoms with E-state index in [1.807, 2.05) is 0 Å². The molecular formula is C17H19BrF3NO3. The highest BCUT2D eigenvalue weighted by Crippen LogP contribution is 2.39. The molecule has 1 aromatic rings. The van der Waals surface area contributed by atoms with Crippen LogP contribution in [-0.4, -0.2) is 35.1 Å². The number of hydrogen-bond donors (Lipinski definition) is 1. The van der Waals surface area contributed by atoms with E-state index in [0.29, 0.717) is 30.2 Å². The maximum atomic E-state index is 13.6. The molecule has 1 amide bonds. The standard InChI is InChI=1S/C17H19BrF3NO3/c1-22(15(23)11-2-4-12(5-3-11)16(24)25)14(17(19,20)21)10-6-8-13(18)9-7-10/h6-9,11-12,14H,2-5H2,1H3,(H,24,25)/t11?,12?,14-/m0/s1. The normalized spacial score (nSPS) is 22.3. The van der Waals surface area contributed by atoms with Crippen molar-refractivity contribution in [3.63, 3.8) is 0 Å². The average molecular weight is 422 g/mol. The Morgan fingerprint density at radius 2 is 1.60 bits per heavy atom. The van der Waals surface area contributed by atoms with Crippen LogP contribution in [0.15, 0.2) is 28.7 Å². The number of hydrogen-bond acceptors (Lipinski definition) is 2. The van der Waals surface area contributed by atoms with Crippen LogP contribution < -0.4 is 0 Å². The second-order valence-corrected chi connectivity index (χ2v) is 7.25. The van der Waals surface area contributed by atoms with Crippen molar-refractivity contribution < 1.29 is 27.9 Å². The Balaban J connectivity index is 2.16. The summed E-state index contributed by atoms with van der Waals surface area (Å²) >= 11 is 3.18. The van der Waals surface area contributed by atoms with Gasteiger partial charge in [0, 0.05) is 17.4 Å². The lowest BCUT2D eigenvalue weighted by atomic mass is 9.81. The zero-order valence-electron chi connectivity index (χ0n) is 13.6. The minimum Gasteiger partial charge on any atom is -0.481 e. The average Bonchev–Trinajstić information content (AvgIpc) is 2.55. The molecule has 1 aliphatic rings. The van der Waals surface area contributed by atoms with Crippen molar-refractivity contribution in [2.45, 2.75) is 37.9 Å². The van der Waals surface area contributed by atoms with E-state index in [-0.39, 0.29) is 5.56 Å². The highest BCUT2D eigenvalue weighted by molar-refractivity contribution is 9.10. The van der Waals surface area contributed by atoms with E-state index in [1.54, 1.807) is 0 Å². The molecule has 1 fully saturated rings. The van der Waals surface area contributed by atoms with E-state index < -0.39 is 35.9 Å². The lowest BCUT2D eigenvalue weighted by Gasteiger charge is -2.34. The summed E-state index contributed by atoms with van der Waals surface area (Å²) in [6, 6.07) is 3.67. The van der Waals surface area contributed by atoms with E-state index in [4.69, 9.17) is 5.11 Å². The van der Waals surface area contributed by atoms with Crippen LogP contribution in [0.25, 0.3) is 0 Å². The monoisotopic (exact) mass is 421 g/mol. The van der Waals surface area contributed by atoms with Gasteiger partial charge >= 0.3 is 12.1 Å². The van der Waals surface area contributed by atoms with Crippen molar-refractivity contribution in [3.8, 4) is 0 Å². The number of benzene rings is 1. The molecule has 1 aromatic carbocycles. The number of carbonyl (C=O) groups excluding carboxylic acids is 1. The van der Waals surface area contributed by atoms with Gasteiger partial charge in [-0.2, -0.15) is 13.2 Å². The van der Waals surface area contributed by atoms with Gasteiger partial charge in [0.1, 0.15) is 0 Å². The van der Waals surface area contributed by atoms with Crippen molar-refractivity contribution in [2.24, 2.45) is 11.8 Å². The number of halogens is 4. The summed E-state index contributed by atoms with van der Waals surface area (Å²) in [5, 5.41) is 8.99. The summed E-state index contributed by atoms with van der Waals surface area (Å²) in [4.78, 5) is 24.3. The molecule has 138 valence electrons. The molecule has 1 saturated carbocycles. The molecule has 25 heavy (non-hydrogen) atoms. The van der Waals surface area contributed by atoms with Gasteiger partial charge in [-0.1, -0.05) is 28.1 Å². The Bertz CT molecular complexity index is 625. The number of carboxylic acids is 1. The lowest BCUT2D eigenvalue weighted by Crippen LogP contribution is -2.43. The van der Waals surface area contributed by atoms with Crippen LogP contribution in [0.1, 0.15) is 37.3 Å². The van der Waals surface area contributed by atoms with Gasteiger partial charge < -0.3 is 10.0 Å². The Hall–Kier alpha value is -1.57. The first-order chi connectivity index (χ1) is 11.6. The van der Waals surface area contributed by atoms with Crippen LogP contribution in [0.2, 0.25) is 0 Å². The quantitative estimate of drug-likeness (QED) is 0.783. The van der Waals surface area contributed by atoms with E-state index in [0.717, 1.165) is 11.9 Å². The molecule has 0 aliphatic heterocycles.